The third-order valence-corrected chi connectivity index (χ3v) is 1.43. The van der Waals surface area contributed by atoms with Crippen LogP contribution < -0.4 is 17.2 Å². The van der Waals surface area contributed by atoms with Gasteiger partial charge in [0.05, 0.1) is 4.92 Å². The lowest BCUT2D eigenvalue weighted by Crippen LogP contribution is -2.18. The predicted molar refractivity (Wildman–Crippen MR) is 55.3 cm³/mol. The van der Waals surface area contributed by atoms with Gasteiger partial charge in [-0.25, -0.2) is 4.79 Å². The van der Waals surface area contributed by atoms with Gasteiger partial charge in [-0.15, -0.1) is 0 Å². The zero-order chi connectivity index (χ0) is 13.6. The first kappa shape index (κ1) is 14.3. The third kappa shape index (κ3) is 5.06. The number of halogens is 1. The standard InChI is InChI=1S/C7H5FN2O3.CH4N2O/c8-5-3-4(7(9)11)1-2-6(5)10(12)13;2-1(3)4/h1-3H,(H2,9,11);(H4,2,3,4). The van der Waals surface area contributed by atoms with Crippen LogP contribution in [0.1, 0.15) is 10.4 Å². The van der Waals surface area contributed by atoms with Gasteiger partial charge in [0.2, 0.25) is 11.7 Å². The number of carbonyl (C=O) groups is 2. The first-order valence-electron chi connectivity index (χ1n) is 4.04. The van der Waals surface area contributed by atoms with Gasteiger partial charge in [0.1, 0.15) is 0 Å². The summed E-state index contributed by atoms with van der Waals surface area (Å²) in [7, 11) is 0. The molecule has 8 nitrogen and oxygen atoms in total. The highest BCUT2D eigenvalue weighted by atomic mass is 19.1. The lowest BCUT2D eigenvalue weighted by molar-refractivity contribution is -0.387. The summed E-state index contributed by atoms with van der Waals surface area (Å²) in [5.41, 5.74) is 12.6. The Morgan fingerprint density at radius 1 is 1.24 bits per heavy atom. The molecular weight excluding hydrogens is 235 g/mol. The zero-order valence-corrected chi connectivity index (χ0v) is 8.42. The smallest absolute Gasteiger partial charge is 0.309 e. The fourth-order valence-corrected chi connectivity index (χ4v) is 0.808. The Kier molecular flexibility index (Phi) is 5.04. The van der Waals surface area contributed by atoms with Crippen LogP contribution in [0.25, 0.3) is 0 Å². The minimum absolute atomic E-state index is 0.0944. The quantitative estimate of drug-likeness (QED) is 0.488. The number of nitrogens with zero attached hydrogens (tertiary/aromatic N) is 1. The van der Waals surface area contributed by atoms with Gasteiger partial charge in [-0.3, -0.25) is 14.9 Å². The number of carbonyl (C=O) groups excluding carboxylic acids is 2. The second-order valence-corrected chi connectivity index (χ2v) is 2.69. The van der Waals surface area contributed by atoms with Crippen LogP contribution in [-0.2, 0) is 0 Å². The van der Waals surface area contributed by atoms with E-state index in [2.05, 4.69) is 11.5 Å². The van der Waals surface area contributed by atoms with Crippen LogP contribution in [-0.4, -0.2) is 16.9 Å². The summed E-state index contributed by atoms with van der Waals surface area (Å²) < 4.78 is 12.8. The third-order valence-electron chi connectivity index (χ3n) is 1.43. The predicted octanol–water partition coefficient (Wildman–Crippen LogP) is -0.143. The molecule has 1 aromatic carbocycles. The van der Waals surface area contributed by atoms with Crippen LogP contribution in [0.3, 0.4) is 0 Å². The average Bonchev–Trinajstić information content (AvgIpc) is 2.15. The van der Waals surface area contributed by atoms with Gasteiger partial charge >= 0.3 is 11.7 Å². The van der Waals surface area contributed by atoms with E-state index in [1.165, 1.54) is 0 Å². The van der Waals surface area contributed by atoms with E-state index < -0.39 is 28.4 Å². The maximum absolute atomic E-state index is 12.8. The summed E-state index contributed by atoms with van der Waals surface area (Å²) in [6.07, 6.45) is 0. The number of hydrogen-bond donors (Lipinski definition) is 3. The number of benzene rings is 1. The van der Waals surface area contributed by atoms with E-state index in [0.29, 0.717) is 0 Å². The Hall–Kier alpha value is -2.71. The molecule has 0 radical (unpaired) electrons. The Bertz CT molecular complexity index is 459. The molecule has 92 valence electrons. The van der Waals surface area contributed by atoms with Crippen molar-refractivity contribution in [2.24, 2.45) is 17.2 Å². The van der Waals surface area contributed by atoms with E-state index in [9.17, 15) is 19.3 Å². The number of nitro groups is 1. The molecule has 17 heavy (non-hydrogen) atoms. The van der Waals surface area contributed by atoms with Gasteiger partial charge in [-0.05, 0) is 12.1 Å². The van der Waals surface area contributed by atoms with Crippen LogP contribution in [0.5, 0.6) is 0 Å². The van der Waals surface area contributed by atoms with E-state index in [1.54, 1.807) is 0 Å². The molecule has 0 atom stereocenters. The second kappa shape index (κ2) is 6.00. The van der Waals surface area contributed by atoms with Crippen molar-refractivity contribution in [1.29, 1.82) is 0 Å². The molecule has 1 aromatic rings. The van der Waals surface area contributed by atoms with Gasteiger partial charge in [-0.2, -0.15) is 4.39 Å². The molecule has 0 aliphatic heterocycles. The maximum atomic E-state index is 12.8. The van der Waals surface area contributed by atoms with Gasteiger partial charge < -0.3 is 17.2 Å². The average molecular weight is 244 g/mol. The number of rotatable bonds is 2. The summed E-state index contributed by atoms with van der Waals surface area (Å²) in [6, 6.07) is 1.90. The van der Waals surface area contributed by atoms with Gasteiger partial charge in [-0.1, -0.05) is 0 Å². The molecule has 0 aliphatic carbocycles. The minimum Gasteiger partial charge on any atom is -0.366 e. The van der Waals surface area contributed by atoms with Gasteiger partial charge in [0.25, 0.3) is 0 Å². The lowest BCUT2D eigenvalue weighted by atomic mass is 10.2. The highest BCUT2D eigenvalue weighted by molar-refractivity contribution is 5.92. The molecule has 0 aliphatic rings. The maximum Gasteiger partial charge on any atom is 0.309 e. The molecule has 3 amide bonds. The van der Waals surface area contributed by atoms with E-state index in [0.717, 1.165) is 18.2 Å². The summed E-state index contributed by atoms with van der Waals surface area (Å²) in [5, 5.41) is 10.2. The van der Waals surface area contributed by atoms with Crippen molar-refractivity contribution in [2.75, 3.05) is 0 Å². The molecule has 0 saturated carbocycles. The summed E-state index contributed by atoms with van der Waals surface area (Å²) in [5.74, 6) is -1.89. The molecule has 0 spiro atoms. The van der Waals surface area contributed by atoms with Crippen LogP contribution in [0.15, 0.2) is 18.2 Å². The van der Waals surface area contributed by atoms with Crippen LogP contribution >= 0.6 is 0 Å². The van der Waals surface area contributed by atoms with Crippen molar-refractivity contribution >= 4 is 17.6 Å². The summed E-state index contributed by atoms with van der Waals surface area (Å²) >= 11 is 0. The first-order valence-corrected chi connectivity index (χ1v) is 4.04. The van der Waals surface area contributed by atoms with Crippen molar-refractivity contribution < 1.29 is 18.9 Å². The SMILES string of the molecule is NC(=O)c1ccc([N+](=O)[O-])c(F)c1.NC(N)=O. The van der Waals surface area contributed by atoms with Crippen molar-refractivity contribution in [2.45, 2.75) is 0 Å². The number of primary amides is 3. The molecule has 0 aromatic heterocycles. The summed E-state index contributed by atoms with van der Waals surface area (Å²) in [6.45, 7) is 0. The fraction of sp³-hybridized carbons (Fsp3) is 0. The topological polar surface area (TPSA) is 155 Å². The van der Waals surface area contributed by atoms with Crippen LogP contribution in [0.4, 0.5) is 14.9 Å². The number of urea groups is 1. The van der Waals surface area contributed by atoms with Crippen molar-refractivity contribution in [3.05, 3.63) is 39.7 Å². The van der Waals surface area contributed by atoms with E-state index in [1.807, 2.05) is 0 Å². The Morgan fingerprint density at radius 2 is 1.71 bits per heavy atom. The van der Waals surface area contributed by atoms with Gasteiger partial charge in [0, 0.05) is 11.6 Å². The van der Waals surface area contributed by atoms with E-state index in [-0.39, 0.29) is 5.56 Å². The minimum atomic E-state index is -1.07. The number of nitro benzene ring substituents is 1. The molecule has 1 rings (SSSR count). The largest absolute Gasteiger partial charge is 0.366 e. The van der Waals surface area contributed by atoms with Crippen molar-refractivity contribution in [3.8, 4) is 0 Å². The molecule has 0 unspecified atom stereocenters. The van der Waals surface area contributed by atoms with Gasteiger partial charge in [0.15, 0.2) is 0 Å². The molecule has 0 heterocycles. The van der Waals surface area contributed by atoms with E-state index >= 15 is 0 Å². The highest BCUT2D eigenvalue weighted by Gasteiger charge is 2.14. The van der Waals surface area contributed by atoms with E-state index in [4.69, 9.17) is 10.5 Å². The number of amides is 3. The highest BCUT2D eigenvalue weighted by Crippen LogP contribution is 2.17. The fourth-order valence-electron chi connectivity index (χ4n) is 0.808. The Morgan fingerprint density at radius 3 is 2.00 bits per heavy atom. The molecule has 0 fully saturated rings. The first-order chi connectivity index (χ1) is 7.75. The number of nitrogens with two attached hydrogens (primary N) is 3. The Labute approximate surface area is 94.3 Å². The van der Waals surface area contributed by atoms with Crippen molar-refractivity contribution in [3.63, 3.8) is 0 Å². The normalized spacial score (nSPS) is 8.76. The Balaban J connectivity index is 0.000000557. The monoisotopic (exact) mass is 244 g/mol. The molecule has 9 heteroatoms. The molecule has 0 bridgehead atoms. The van der Waals surface area contributed by atoms with Crippen LogP contribution in [0, 0.1) is 15.9 Å². The molecular formula is C8H9FN4O4. The summed E-state index contributed by atoms with van der Waals surface area (Å²) in [4.78, 5) is 28.8. The zero-order valence-electron chi connectivity index (χ0n) is 8.42. The van der Waals surface area contributed by atoms with Crippen LogP contribution in [0.2, 0.25) is 0 Å². The van der Waals surface area contributed by atoms with Crippen molar-refractivity contribution in [1.82, 2.24) is 0 Å². The number of hydrogen-bond acceptors (Lipinski definition) is 4. The molecule has 0 saturated heterocycles. The second-order valence-electron chi connectivity index (χ2n) is 2.69. The lowest BCUT2D eigenvalue weighted by Gasteiger charge is -1.96. The molecule has 6 N–H and O–H groups in total.